The predicted octanol–water partition coefficient (Wildman–Crippen LogP) is 4.22. The van der Waals surface area contributed by atoms with E-state index in [0.29, 0.717) is 87.7 Å². The predicted molar refractivity (Wildman–Crippen MR) is 185 cm³/mol. The highest BCUT2D eigenvalue weighted by atomic mass is 16.4. The molecule has 3 aromatic heterocycles. The monoisotopic (exact) mass is 668 g/mol. The van der Waals surface area contributed by atoms with Gasteiger partial charge in [0.05, 0.1) is 29.3 Å². The number of carboxylic acid groups (broad SMARTS) is 3. The van der Waals surface area contributed by atoms with Crippen LogP contribution in [0.3, 0.4) is 0 Å². The molecule has 2 bridgehead atoms. The lowest BCUT2D eigenvalue weighted by molar-refractivity contribution is -0.138. The van der Waals surface area contributed by atoms with Gasteiger partial charge in [-0.25, -0.2) is 19.6 Å². The first-order valence-corrected chi connectivity index (χ1v) is 16.4. The molecule has 3 aromatic rings. The van der Waals surface area contributed by atoms with Crippen LogP contribution in [-0.4, -0.2) is 95.6 Å². The second-order valence-electron chi connectivity index (χ2n) is 11.1. The van der Waals surface area contributed by atoms with Gasteiger partial charge in [0.15, 0.2) is 0 Å². The molecule has 12 nitrogen and oxygen atoms in total. The van der Waals surface area contributed by atoms with Crippen LogP contribution in [0.25, 0.3) is 0 Å². The number of aromatic carboxylic acids is 2. The molecule has 3 N–H and O–H groups in total. The van der Waals surface area contributed by atoms with Crippen LogP contribution in [0.2, 0.25) is 0 Å². The number of hydrogen-bond donors (Lipinski definition) is 3. The quantitative estimate of drug-likeness (QED) is 0.294. The van der Waals surface area contributed by atoms with Gasteiger partial charge in [0.1, 0.15) is 11.4 Å². The van der Waals surface area contributed by atoms with Crippen LogP contribution in [-0.2, 0) is 31.0 Å². The molecular formula is C37H44N6O6. The van der Waals surface area contributed by atoms with E-state index in [1.54, 1.807) is 12.1 Å². The Hall–Kier alpha value is -5.14. The minimum Gasteiger partial charge on any atom is -0.480 e. The van der Waals surface area contributed by atoms with Gasteiger partial charge in [-0.2, -0.15) is 0 Å². The van der Waals surface area contributed by atoms with Crippen LogP contribution in [0.1, 0.15) is 95.4 Å². The molecule has 0 fully saturated rings. The lowest BCUT2D eigenvalue weighted by Crippen LogP contribution is -2.41. The van der Waals surface area contributed by atoms with Crippen molar-refractivity contribution in [3.8, 4) is 23.7 Å². The zero-order valence-corrected chi connectivity index (χ0v) is 28.6. The molecular weight excluding hydrogens is 624 g/mol. The van der Waals surface area contributed by atoms with Gasteiger partial charge < -0.3 is 15.3 Å². The van der Waals surface area contributed by atoms with Crippen molar-refractivity contribution < 1.29 is 29.7 Å². The minimum absolute atomic E-state index is 0.0797. The molecule has 0 unspecified atom stereocenters. The second kappa shape index (κ2) is 19.6. The zero-order chi connectivity index (χ0) is 35.8. The first kappa shape index (κ1) is 38.3. The Kier molecular flexibility index (Phi) is 15.3. The molecule has 0 spiro atoms. The molecule has 0 radical (unpaired) electrons. The van der Waals surface area contributed by atoms with Crippen LogP contribution in [0.5, 0.6) is 0 Å². The lowest BCUT2D eigenvalue weighted by atomic mass is 10.1. The van der Waals surface area contributed by atoms with Gasteiger partial charge >= 0.3 is 17.9 Å². The molecule has 4 rings (SSSR count). The largest absolute Gasteiger partial charge is 0.480 e. The Morgan fingerprint density at radius 1 is 0.673 bits per heavy atom. The van der Waals surface area contributed by atoms with E-state index in [1.165, 1.54) is 12.1 Å². The normalized spacial score (nSPS) is 14.0. The maximum absolute atomic E-state index is 11.9. The van der Waals surface area contributed by atoms with Crippen molar-refractivity contribution in [2.24, 2.45) is 0 Å². The highest BCUT2D eigenvalue weighted by Crippen LogP contribution is 2.15. The van der Waals surface area contributed by atoms with Crippen LogP contribution in [0.15, 0.2) is 42.5 Å². The summed E-state index contributed by atoms with van der Waals surface area (Å²) in [6, 6.07) is 12.2. The molecule has 0 amide bonds. The van der Waals surface area contributed by atoms with Crippen molar-refractivity contribution in [1.29, 1.82) is 0 Å². The van der Waals surface area contributed by atoms with E-state index in [9.17, 15) is 29.7 Å². The summed E-state index contributed by atoms with van der Waals surface area (Å²) in [5, 5.41) is 29.0. The topological polar surface area (TPSA) is 160 Å². The van der Waals surface area contributed by atoms with E-state index < -0.39 is 17.9 Å². The Balaban J connectivity index is 0.00000319. The average molecular weight is 669 g/mol. The standard InChI is InChI=1S/C35H38N6O6.C2H6/c1-3-5-8-25-16-29(37-31(18-25)34(44)45)22-39-12-14-40(23-30-17-26(9-6-4-2)19-32(38-30)35(46)47)20-27-10-7-11-28(36-27)21-41(15-13-39)24-33(42)43;1-2/h7,10-11,16-19H,3-4,12-15,20-24H2,1-2H3,(H,42,43)(H,44,45)(H,46,47);1-2H3. The van der Waals surface area contributed by atoms with Gasteiger partial charge in [0, 0.05) is 76.3 Å². The highest BCUT2D eigenvalue weighted by Gasteiger charge is 2.20. The molecule has 12 heteroatoms. The molecule has 0 aromatic carbocycles. The number of aliphatic carboxylic acids is 1. The third-order valence-electron chi connectivity index (χ3n) is 7.24. The number of nitrogens with zero attached hydrogens (tertiary/aromatic N) is 6. The van der Waals surface area contributed by atoms with Gasteiger partial charge in [-0.05, 0) is 36.4 Å². The summed E-state index contributed by atoms with van der Waals surface area (Å²) >= 11 is 0. The minimum atomic E-state index is -1.15. The van der Waals surface area contributed by atoms with E-state index >= 15 is 0 Å². The van der Waals surface area contributed by atoms with E-state index in [0.717, 1.165) is 11.4 Å². The maximum atomic E-state index is 11.9. The fourth-order valence-electron chi connectivity index (χ4n) is 5.16. The molecule has 258 valence electrons. The van der Waals surface area contributed by atoms with Crippen LogP contribution < -0.4 is 0 Å². The molecule has 0 aliphatic carbocycles. The lowest BCUT2D eigenvalue weighted by Gasteiger charge is -2.30. The van der Waals surface area contributed by atoms with Gasteiger partial charge in [-0.1, -0.05) is 57.4 Å². The number of carboxylic acids is 3. The summed E-state index contributed by atoms with van der Waals surface area (Å²) in [6.07, 6.45) is 1.25. The SMILES string of the molecule is CC.CCC#Cc1cc(CN2CCN(CC(=O)O)Cc3cccc(n3)CN(Cc3cc(C#CCC)cc(C(=O)O)n3)CC2)nc(C(=O)O)c1. The van der Waals surface area contributed by atoms with Crippen LogP contribution in [0.4, 0.5) is 0 Å². The van der Waals surface area contributed by atoms with Crippen molar-refractivity contribution in [2.75, 3.05) is 32.7 Å². The number of rotatable bonds is 8. The molecule has 0 atom stereocenters. The number of carbonyl (C=O) groups is 3. The summed E-state index contributed by atoms with van der Waals surface area (Å²) in [4.78, 5) is 55.1. The summed E-state index contributed by atoms with van der Waals surface area (Å²) < 4.78 is 0. The van der Waals surface area contributed by atoms with E-state index in [2.05, 4.69) is 43.4 Å². The van der Waals surface area contributed by atoms with Gasteiger partial charge in [-0.15, -0.1) is 0 Å². The summed E-state index contributed by atoms with van der Waals surface area (Å²) in [5.41, 5.74) is 3.57. The van der Waals surface area contributed by atoms with Crippen molar-refractivity contribution in [3.63, 3.8) is 0 Å². The van der Waals surface area contributed by atoms with Crippen molar-refractivity contribution in [2.45, 2.75) is 66.7 Å². The molecule has 49 heavy (non-hydrogen) atoms. The molecule has 4 heterocycles. The first-order chi connectivity index (χ1) is 23.6. The molecule has 1 aliphatic rings. The number of aromatic nitrogens is 3. The van der Waals surface area contributed by atoms with Crippen LogP contribution >= 0.6 is 0 Å². The van der Waals surface area contributed by atoms with Gasteiger partial charge in [0.2, 0.25) is 0 Å². The number of hydrogen-bond acceptors (Lipinski definition) is 9. The van der Waals surface area contributed by atoms with Crippen molar-refractivity contribution in [3.05, 3.63) is 87.8 Å². The highest BCUT2D eigenvalue weighted by molar-refractivity contribution is 5.86. The smallest absolute Gasteiger partial charge is 0.354 e. The Morgan fingerprint density at radius 2 is 1.12 bits per heavy atom. The van der Waals surface area contributed by atoms with E-state index in [1.807, 2.05) is 50.8 Å². The van der Waals surface area contributed by atoms with Crippen molar-refractivity contribution in [1.82, 2.24) is 29.7 Å². The maximum Gasteiger partial charge on any atom is 0.354 e. The Bertz CT molecular complexity index is 1740. The number of fused-ring (bicyclic) bond motifs is 2. The molecule has 0 saturated carbocycles. The summed E-state index contributed by atoms with van der Waals surface area (Å²) in [5.74, 6) is 8.76. The van der Waals surface area contributed by atoms with E-state index in [4.69, 9.17) is 4.98 Å². The third kappa shape index (κ3) is 12.8. The Morgan fingerprint density at radius 3 is 1.59 bits per heavy atom. The zero-order valence-electron chi connectivity index (χ0n) is 28.6. The van der Waals surface area contributed by atoms with E-state index in [-0.39, 0.29) is 17.9 Å². The second-order valence-corrected chi connectivity index (χ2v) is 11.1. The summed E-state index contributed by atoms with van der Waals surface area (Å²) in [7, 11) is 0. The first-order valence-electron chi connectivity index (χ1n) is 16.4. The van der Waals surface area contributed by atoms with Crippen LogP contribution in [0, 0.1) is 23.7 Å². The average Bonchev–Trinajstić information content (AvgIpc) is 3.07. The molecule has 1 aliphatic heterocycles. The fourth-order valence-corrected chi connectivity index (χ4v) is 5.16. The van der Waals surface area contributed by atoms with Crippen molar-refractivity contribution >= 4 is 17.9 Å². The number of pyridine rings is 3. The summed E-state index contributed by atoms with van der Waals surface area (Å²) in [6.45, 7) is 11.0. The Labute approximate surface area is 287 Å². The molecule has 0 saturated heterocycles. The van der Waals surface area contributed by atoms with Gasteiger partial charge in [0.25, 0.3) is 0 Å². The fraction of sp³-hybridized carbons (Fsp3) is 0.405. The van der Waals surface area contributed by atoms with Gasteiger partial charge in [-0.3, -0.25) is 24.5 Å². The third-order valence-corrected chi connectivity index (χ3v) is 7.24.